The fourth-order valence-electron chi connectivity index (χ4n) is 2.32. The lowest BCUT2D eigenvalue weighted by Crippen LogP contribution is -2.44. The highest BCUT2D eigenvalue weighted by Gasteiger charge is 2.39. The van der Waals surface area contributed by atoms with Gasteiger partial charge in [-0.3, -0.25) is 4.90 Å². The molecule has 0 aromatic rings. The summed E-state index contributed by atoms with van der Waals surface area (Å²) in [6.07, 6.45) is 7.34. The molecular formula is C12H19NO2. The molecule has 0 saturated carbocycles. The smallest absolute Gasteiger partial charge is 0.411 e. The monoisotopic (exact) mass is 209 g/mol. The molecule has 0 radical (unpaired) electrons. The van der Waals surface area contributed by atoms with Crippen molar-refractivity contribution in [3.63, 3.8) is 0 Å². The maximum Gasteiger partial charge on any atom is 0.411 e. The van der Waals surface area contributed by atoms with Crippen LogP contribution in [0, 0.1) is 0 Å². The molecule has 3 nitrogen and oxygen atoms in total. The van der Waals surface area contributed by atoms with Crippen molar-refractivity contribution in [2.45, 2.75) is 57.7 Å². The largest absolute Gasteiger partial charge is 0.444 e. The van der Waals surface area contributed by atoms with E-state index in [2.05, 4.69) is 12.2 Å². The summed E-state index contributed by atoms with van der Waals surface area (Å²) in [5, 5.41) is 0. The lowest BCUT2D eigenvalue weighted by molar-refractivity contribution is 0.0171. The first-order valence-electron chi connectivity index (χ1n) is 5.65. The third-order valence-corrected chi connectivity index (χ3v) is 2.92. The Kier molecular flexibility index (Phi) is 2.49. The minimum Gasteiger partial charge on any atom is -0.444 e. The Labute approximate surface area is 91.1 Å². The zero-order chi connectivity index (χ0) is 11.1. The van der Waals surface area contributed by atoms with Crippen molar-refractivity contribution in [2.75, 3.05) is 0 Å². The van der Waals surface area contributed by atoms with Crippen molar-refractivity contribution in [1.29, 1.82) is 0 Å². The third kappa shape index (κ3) is 2.16. The van der Waals surface area contributed by atoms with Crippen molar-refractivity contribution in [3.05, 3.63) is 12.2 Å². The summed E-state index contributed by atoms with van der Waals surface area (Å²) >= 11 is 0. The first-order valence-corrected chi connectivity index (χ1v) is 5.65. The Morgan fingerprint density at radius 2 is 2.13 bits per heavy atom. The predicted molar refractivity (Wildman–Crippen MR) is 58.6 cm³/mol. The summed E-state index contributed by atoms with van der Waals surface area (Å²) in [4.78, 5) is 13.9. The number of hydrogen-bond donors (Lipinski definition) is 0. The van der Waals surface area contributed by atoms with E-state index in [4.69, 9.17) is 4.74 Å². The van der Waals surface area contributed by atoms with Crippen LogP contribution in [0.1, 0.15) is 40.0 Å². The Bertz CT molecular complexity index is 290. The first-order chi connectivity index (χ1) is 6.97. The number of rotatable bonds is 0. The van der Waals surface area contributed by atoms with Crippen molar-refractivity contribution in [1.82, 2.24) is 4.90 Å². The molecule has 0 aromatic carbocycles. The minimum absolute atomic E-state index is 0.153. The van der Waals surface area contributed by atoms with Crippen LogP contribution in [0.15, 0.2) is 12.2 Å². The third-order valence-electron chi connectivity index (χ3n) is 2.92. The van der Waals surface area contributed by atoms with Gasteiger partial charge in [0.2, 0.25) is 0 Å². The van der Waals surface area contributed by atoms with Gasteiger partial charge in [-0.05, 0) is 40.0 Å². The number of carbonyl (C=O) groups excluding carboxylic acids is 1. The lowest BCUT2D eigenvalue weighted by atomic mass is 10.1. The summed E-state index contributed by atoms with van der Waals surface area (Å²) in [5.74, 6) is 0. The van der Waals surface area contributed by atoms with Crippen LogP contribution in [0.25, 0.3) is 0 Å². The fraction of sp³-hybridized carbons (Fsp3) is 0.750. The van der Waals surface area contributed by atoms with Crippen LogP contribution in [0.5, 0.6) is 0 Å². The molecule has 1 amide bonds. The SMILES string of the molecule is CC(C)(C)OC(=O)N1[C@H]2CC=C[C@@H]1CC2. The topological polar surface area (TPSA) is 29.5 Å². The van der Waals surface area contributed by atoms with Gasteiger partial charge in [0, 0.05) is 6.04 Å². The molecule has 2 aliphatic rings. The number of hydrogen-bond acceptors (Lipinski definition) is 2. The van der Waals surface area contributed by atoms with E-state index >= 15 is 0 Å². The van der Waals surface area contributed by atoms with E-state index in [1.54, 1.807) is 0 Å². The fourth-order valence-corrected chi connectivity index (χ4v) is 2.32. The number of carbonyl (C=O) groups is 1. The molecule has 1 saturated heterocycles. The normalized spacial score (nSPS) is 29.4. The highest BCUT2D eigenvalue weighted by molar-refractivity contribution is 5.70. The van der Waals surface area contributed by atoms with Crippen molar-refractivity contribution < 1.29 is 9.53 Å². The van der Waals surface area contributed by atoms with E-state index in [0.29, 0.717) is 6.04 Å². The van der Waals surface area contributed by atoms with Crippen LogP contribution >= 0.6 is 0 Å². The van der Waals surface area contributed by atoms with Gasteiger partial charge in [-0.1, -0.05) is 12.2 Å². The first kappa shape index (κ1) is 10.5. The summed E-state index contributed by atoms with van der Waals surface area (Å²) in [6.45, 7) is 5.73. The Balaban J connectivity index is 2.05. The molecule has 15 heavy (non-hydrogen) atoms. The number of amides is 1. The van der Waals surface area contributed by atoms with Crippen molar-refractivity contribution in [2.24, 2.45) is 0 Å². The van der Waals surface area contributed by atoms with Crippen LogP contribution in [0.3, 0.4) is 0 Å². The Morgan fingerprint density at radius 1 is 1.40 bits per heavy atom. The molecule has 2 rings (SSSR count). The molecule has 0 N–H and O–H groups in total. The van der Waals surface area contributed by atoms with Gasteiger partial charge in [0.25, 0.3) is 0 Å². The molecule has 84 valence electrons. The number of ether oxygens (including phenoxy) is 1. The highest BCUT2D eigenvalue weighted by Crippen LogP contribution is 2.32. The molecule has 1 fully saturated rings. The molecule has 2 bridgehead atoms. The standard InChI is InChI=1S/C12H19NO2/c1-12(2,3)15-11(14)13-9-5-4-6-10(13)8-7-9/h4-5,9-10H,6-8H2,1-3H3/t9-,10+/m1/s1. The van der Waals surface area contributed by atoms with Crippen molar-refractivity contribution in [3.8, 4) is 0 Å². The Hall–Kier alpha value is -0.990. The van der Waals surface area contributed by atoms with Gasteiger partial charge in [0.15, 0.2) is 0 Å². The van der Waals surface area contributed by atoms with Crippen LogP contribution in [-0.2, 0) is 4.74 Å². The van der Waals surface area contributed by atoms with Gasteiger partial charge in [0.05, 0.1) is 6.04 Å². The van der Waals surface area contributed by atoms with Crippen LogP contribution in [-0.4, -0.2) is 28.7 Å². The van der Waals surface area contributed by atoms with Gasteiger partial charge in [-0.2, -0.15) is 0 Å². The quantitative estimate of drug-likeness (QED) is 0.574. The van der Waals surface area contributed by atoms with Gasteiger partial charge in [0.1, 0.15) is 5.60 Å². The average molecular weight is 209 g/mol. The molecule has 2 atom stereocenters. The number of nitrogens with zero attached hydrogens (tertiary/aromatic N) is 1. The zero-order valence-corrected chi connectivity index (χ0v) is 9.69. The second-order valence-corrected chi connectivity index (χ2v) is 5.35. The van der Waals surface area contributed by atoms with E-state index in [0.717, 1.165) is 19.3 Å². The van der Waals surface area contributed by atoms with Crippen LogP contribution < -0.4 is 0 Å². The summed E-state index contributed by atoms with van der Waals surface area (Å²) in [5.41, 5.74) is -0.391. The van der Waals surface area contributed by atoms with E-state index in [9.17, 15) is 4.79 Å². The maximum atomic E-state index is 11.9. The second-order valence-electron chi connectivity index (χ2n) is 5.35. The molecule has 0 aromatic heterocycles. The van der Waals surface area contributed by atoms with Crippen molar-refractivity contribution >= 4 is 6.09 Å². The molecule has 3 heteroatoms. The number of fused-ring (bicyclic) bond motifs is 2. The molecule has 0 spiro atoms. The maximum absolute atomic E-state index is 11.9. The van der Waals surface area contributed by atoms with Crippen LogP contribution in [0.4, 0.5) is 4.79 Å². The van der Waals surface area contributed by atoms with E-state index in [-0.39, 0.29) is 12.1 Å². The zero-order valence-electron chi connectivity index (χ0n) is 9.69. The van der Waals surface area contributed by atoms with Gasteiger partial charge in [-0.25, -0.2) is 4.79 Å². The average Bonchev–Trinajstić information content (AvgIpc) is 2.34. The minimum atomic E-state index is -0.391. The van der Waals surface area contributed by atoms with Gasteiger partial charge in [-0.15, -0.1) is 0 Å². The van der Waals surface area contributed by atoms with E-state index in [1.807, 2.05) is 25.7 Å². The summed E-state index contributed by atoms with van der Waals surface area (Å²) in [7, 11) is 0. The molecule has 0 aliphatic carbocycles. The lowest BCUT2D eigenvalue weighted by Gasteiger charge is -2.33. The molecule has 0 unspecified atom stereocenters. The van der Waals surface area contributed by atoms with Gasteiger partial charge < -0.3 is 4.74 Å². The highest BCUT2D eigenvalue weighted by atomic mass is 16.6. The van der Waals surface area contributed by atoms with E-state index in [1.165, 1.54) is 0 Å². The van der Waals surface area contributed by atoms with E-state index < -0.39 is 5.60 Å². The molecule has 2 aliphatic heterocycles. The Morgan fingerprint density at radius 3 is 2.73 bits per heavy atom. The second kappa shape index (κ2) is 3.54. The summed E-state index contributed by atoms with van der Waals surface area (Å²) in [6, 6.07) is 0.647. The molecule has 2 heterocycles. The molecular weight excluding hydrogens is 190 g/mol. The van der Waals surface area contributed by atoms with Gasteiger partial charge >= 0.3 is 6.09 Å². The predicted octanol–water partition coefficient (Wildman–Crippen LogP) is 2.71. The van der Waals surface area contributed by atoms with Crippen LogP contribution in [0.2, 0.25) is 0 Å². The summed E-state index contributed by atoms with van der Waals surface area (Å²) < 4.78 is 5.41.